The number of carbonyl (C=O) groups is 3. The number of halogens is 1. The summed E-state index contributed by atoms with van der Waals surface area (Å²) in [4.78, 5) is 37.6. The molecule has 2 N–H and O–H groups in total. The lowest BCUT2D eigenvalue weighted by Crippen LogP contribution is -2.30. The zero-order chi connectivity index (χ0) is 24.5. The molecule has 0 radical (unpaired) electrons. The Morgan fingerprint density at radius 3 is 2.26 bits per heavy atom. The van der Waals surface area contributed by atoms with Crippen LogP contribution in [-0.2, 0) is 9.53 Å². The summed E-state index contributed by atoms with van der Waals surface area (Å²) < 4.78 is 20.1. The van der Waals surface area contributed by atoms with Crippen molar-refractivity contribution in [1.82, 2.24) is 4.90 Å². The topological polar surface area (TPSA) is 95.9 Å². The Labute approximate surface area is 201 Å². The van der Waals surface area contributed by atoms with Crippen molar-refractivity contribution in [3.05, 3.63) is 89.2 Å². The summed E-state index contributed by atoms with van der Waals surface area (Å²) >= 11 is 0. The molecule has 0 bridgehead atoms. The number of benzene rings is 3. The van der Waals surface area contributed by atoms with Crippen LogP contribution >= 0.6 is 0 Å². The summed E-state index contributed by atoms with van der Waals surface area (Å²) in [6.07, 6.45) is -0.431. The minimum absolute atomic E-state index is 0.0895. The molecule has 1 unspecified atom stereocenters. The Bertz CT molecular complexity index is 1280. The van der Waals surface area contributed by atoms with Gasteiger partial charge in [0.15, 0.2) is 0 Å². The van der Waals surface area contributed by atoms with E-state index in [2.05, 4.69) is 5.32 Å². The first-order valence-electron chi connectivity index (χ1n) is 11.4. The standard InChI is InChI=1S/C27H23FN2O5/c28-23-13-16(25(31)30-12-11-17(14-30)26(32)33)9-10-24(23)29-27(34)35-15-22-20-7-3-1-5-18(20)19-6-2-4-8-21(19)22/h1-10,13,17,22H,11-12,14-15H2,(H,29,34)(H,32,33). The quantitative estimate of drug-likeness (QED) is 0.557. The third-order valence-corrected chi connectivity index (χ3v) is 6.62. The smallest absolute Gasteiger partial charge is 0.411 e. The van der Waals surface area contributed by atoms with Crippen LogP contribution in [0.4, 0.5) is 14.9 Å². The van der Waals surface area contributed by atoms with E-state index in [0.717, 1.165) is 28.3 Å². The molecule has 3 aromatic rings. The van der Waals surface area contributed by atoms with Crippen molar-refractivity contribution in [2.24, 2.45) is 5.92 Å². The minimum atomic E-state index is -0.950. The molecule has 5 rings (SSSR count). The zero-order valence-electron chi connectivity index (χ0n) is 18.7. The highest BCUT2D eigenvalue weighted by molar-refractivity contribution is 5.96. The van der Waals surface area contributed by atoms with Crippen molar-refractivity contribution in [2.45, 2.75) is 12.3 Å². The molecule has 2 amide bonds. The number of nitrogens with one attached hydrogen (secondary N) is 1. The monoisotopic (exact) mass is 474 g/mol. The highest BCUT2D eigenvalue weighted by Crippen LogP contribution is 2.44. The number of nitrogens with zero attached hydrogens (tertiary/aromatic N) is 1. The van der Waals surface area contributed by atoms with Crippen molar-refractivity contribution in [1.29, 1.82) is 0 Å². The summed E-state index contributed by atoms with van der Waals surface area (Å²) in [6.45, 7) is 0.491. The number of fused-ring (bicyclic) bond motifs is 3. The maximum absolute atomic E-state index is 14.7. The SMILES string of the molecule is O=C(Nc1ccc(C(=O)N2CCC(C(=O)O)C2)cc1F)OCC1c2ccccc2-c2ccccc21. The molecule has 1 aliphatic carbocycles. The molecule has 2 aliphatic rings. The van der Waals surface area contributed by atoms with E-state index in [9.17, 15) is 18.8 Å². The number of carboxylic acid groups (broad SMARTS) is 1. The van der Waals surface area contributed by atoms with E-state index >= 15 is 0 Å². The molecule has 1 heterocycles. The Morgan fingerprint density at radius 2 is 1.66 bits per heavy atom. The Morgan fingerprint density at radius 1 is 1.00 bits per heavy atom. The molecule has 1 aliphatic heterocycles. The molecule has 178 valence electrons. The highest BCUT2D eigenvalue weighted by Gasteiger charge is 2.32. The predicted molar refractivity (Wildman–Crippen MR) is 127 cm³/mol. The fourth-order valence-electron chi connectivity index (χ4n) is 4.82. The molecule has 0 aromatic heterocycles. The van der Waals surface area contributed by atoms with Crippen molar-refractivity contribution < 1.29 is 28.6 Å². The lowest BCUT2D eigenvalue weighted by atomic mass is 9.98. The number of hydrogen-bond acceptors (Lipinski definition) is 4. The molecule has 1 saturated heterocycles. The van der Waals surface area contributed by atoms with Crippen LogP contribution in [0.25, 0.3) is 11.1 Å². The predicted octanol–water partition coefficient (Wildman–Crippen LogP) is 4.73. The van der Waals surface area contributed by atoms with Gasteiger partial charge in [0.05, 0.1) is 11.6 Å². The maximum Gasteiger partial charge on any atom is 0.411 e. The van der Waals surface area contributed by atoms with Crippen LogP contribution in [0, 0.1) is 11.7 Å². The molecule has 7 nitrogen and oxygen atoms in total. The summed E-state index contributed by atoms with van der Waals surface area (Å²) in [5.41, 5.74) is 4.34. The summed E-state index contributed by atoms with van der Waals surface area (Å²) in [6, 6.07) is 19.7. The van der Waals surface area contributed by atoms with Crippen LogP contribution in [-0.4, -0.2) is 47.7 Å². The van der Waals surface area contributed by atoms with E-state index in [-0.39, 0.29) is 30.3 Å². The first-order valence-corrected chi connectivity index (χ1v) is 11.4. The molecule has 1 fully saturated rings. The summed E-state index contributed by atoms with van der Waals surface area (Å²) in [5.74, 6) is -2.90. The van der Waals surface area contributed by atoms with Gasteiger partial charge in [-0.1, -0.05) is 48.5 Å². The van der Waals surface area contributed by atoms with Crippen molar-refractivity contribution in [2.75, 3.05) is 25.0 Å². The average molecular weight is 474 g/mol. The fourth-order valence-corrected chi connectivity index (χ4v) is 4.82. The Balaban J connectivity index is 1.23. The van der Waals surface area contributed by atoms with E-state index in [1.807, 2.05) is 48.5 Å². The van der Waals surface area contributed by atoms with Gasteiger partial charge in [0.25, 0.3) is 5.91 Å². The van der Waals surface area contributed by atoms with E-state index in [0.29, 0.717) is 13.0 Å². The van der Waals surface area contributed by atoms with Gasteiger partial charge in [0, 0.05) is 24.6 Å². The number of aliphatic carboxylic acids is 1. The van der Waals surface area contributed by atoms with Crippen LogP contribution in [0.2, 0.25) is 0 Å². The number of likely N-dealkylation sites (tertiary alicyclic amines) is 1. The Kier molecular flexibility index (Phi) is 5.94. The van der Waals surface area contributed by atoms with Gasteiger partial charge in [-0.05, 0) is 46.9 Å². The lowest BCUT2D eigenvalue weighted by Gasteiger charge is -2.17. The van der Waals surface area contributed by atoms with Crippen LogP contribution in [0.5, 0.6) is 0 Å². The molecule has 8 heteroatoms. The van der Waals surface area contributed by atoms with Gasteiger partial charge in [-0.3, -0.25) is 14.9 Å². The summed E-state index contributed by atoms with van der Waals surface area (Å²) in [7, 11) is 0. The molecule has 35 heavy (non-hydrogen) atoms. The first-order chi connectivity index (χ1) is 16.9. The van der Waals surface area contributed by atoms with Gasteiger partial charge < -0.3 is 14.7 Å². The van der Waals surface area contributed by atoms with Crippen LogP contribution < -0.4 is 5.32 Å². The van der Waals surface area contributed by atoms with Gasteiger partial charge in [0.1, 0.15) is 12.4 Å². The third kappa shape index (κ3) is 4.35. The van der Waals surface area contributed by atoms with Crippen molar-refractivity contribution in [3.8, 4) is 11.1 Å². The number of amides is 2. The van der Waals surface area contributed by atoms with E-state index in [4.69, 9.17) is 9.84 Å². The van der Waals surface area contributed by atoms with E-state index in [1.165, 1.54) is 17.0 Å². The molecule has 3 aromatic carbocycles. The number of carboxylic acids is 1. The largest absolute Gasteiger partial charge is 0.481 e. The normalized spacial score (nSPS) is 16.5. The zero-order valence-corrected chi connectivity index (χ0v) is 18.7. The van der Waals surface area contributed by atoms with Crippen molar-refractivity contribution in [3.63, 3.8) is 0 Å². The number of carbonyl (C=O) groups excluding carboxylic acids is 2. The second-order valence-corrected chi connectivity index (χ2v) is 8.72. The molecule has 0 spiro atoms. The average Bonchev–Trinajstić information content (AvgIpc) is 3.47. The van der Waals surface area contributed by atoms with Crippen LogP contribution in [0.3, 0.4) is 0 Å². The fraction of sp³-hybridized carbons (Fsp3) is 0.222. The number of anilines is 1. The summed E-state index contributed by atoms with van der Waals surface area (Å²) in [5, 5.41) is 11.5. The molecular weight excluding hydrogens is 451 g/mol. The van der Waals surface area contributed by atoms with Crippen LogP contribution in [0.15, 0.2) is 66.7 Å². The molecule has 1 atom stereocenters. The molecular formula is C27H23FN2O5. The van der Waals surface area contributed by atoms with Gasteiger partial charge in [-0.2, -0.15) is 0 Å². The van der Waals surface area contributed by atoms with Crippen LogP contribution in [0.1, 0.15) is 33.8 Å². The van der Waals surface area contributed by atoms with E-state index in [1.54, 1.807) is 0 Å². The van der Waals surface area contributed by atoms with Gasteiger partial charge in [-0.25, -0.2) is 9.18 Å². The van der Waals surface area contributed by atoms with Crippen molar-refractivity contribution >= 4 is 23.7 Å². The molecule has 0 saturated carbocycles. The Hall–Kier alpha value is -4.20. The van der Waals surface area contributed by atoms with Gasteiger partial charge >= 0.3 is 12.1 Å². The maximum atomic E-state index is 14.7. The first kappa shape index (κ1) is 22.6. The minimum Gasteiger partial charge on any atom is -0.481 e. The number of hydrogen-bond donors (Lipinski definition) is 2. The highest BCUT2D eigenvalue weighted by atomic mass is 19.1. The second-order valence-electron chi connectivity index (χ2n) is 8.72. The third-order valence-electron chi connectivity index (χ3n) is 6.62. The van der Waals surface area contributed by atoms with Gasteiger partial charge in [-0.15, -0.1) is 0 Å². The van der Waals surface area contributed by atoms with E-state index < -0.39 is 29.7 Å². The number of rotatable bonds is 5. The number of ether oxygens (including phenoxy) is 1. The lowest BCUT2D eigenvalue weighted by molar-refractivity contribution is -0.141. The van der Waals surface area contributed by atoms with Gasteiger partial charge in [0.2, 0.25) is 0 Å². The second kappa shape index (κ2) is 9.21.